The van der Waals surface area contributed by atoms with Crippen molar-refractivity contribution in [2.45, 2.75) is 52.4 Å². The second-order valence-corrected chi connectivity index (χ2v) is 7.04. The molecule has 0 spiro atoms. The van der Waals surface area contributed by atoms with Gasteiger partial charge in [-0.3, -0.25) is 4.79 Å². The number of carbonyl (C=O) groups is 2. The van der Waals surface area contributed by atoms with Gasteiger partial charge < -0.3 is 14.8 Å². The van der Waals surface area contributed by atoms with E-state index in [-0.39, 0.29) is 6.10 Å². The number of hydrogen-bond donors (Lipinski definition) is 2. The third kappa shape index (κ3) is 5.61. The summed E-state index contributed by atoms with van der Waals surface area (Å²) in [5.41, 5.74) is 3.57. The Balaban J connectivity index is 1.90. The van der Waals surface area contributed by atoms with Crippen molar-refractivity contribution in [3.05, 3.63) is 35.4 Å². The van der Waals surface area contributed by atoms with E-state index >= 15 is 0 Å². The number of rotatable bonds is 4. The van der Waals surface area contributed by atoms with Crippen LogP contribution in [0.25, 0.3) is 6.08 Å². The highest BCUT2D eigenvalue weighted by atomic mass is 16.6. The zero-order valence-corrected chi connectivity index (χ0v) is 15.7. The maximum Gasteiger partial charge on any atom is 0.408 e. The van der Waals surface area contributed by atoms with Gasteiger partial charge in [-0.15, -0.1) is 0 Å². The SMILES string of the molecule is C[C@H](NC(=O)OC(C)(C)C)C(=O)N/N=C\C1=Cc2ccccc2O[C@@H]1C. The lowest BCUT2D eigenvalue weighted by atomic mass is 10.0. The van der Waals surface area contributed by atoms with Crippen LogP contribution in [0.5, 0.6) is 5.75 Å². The van der Waals surface area contributed by atoms with Crippen molar-refractivity contribution >= 4 is 24.3 Å². The number of ether oxygens (including phenoxy) is 2. The number of nitrogens with zero attached hydrogens (tertiary/aromatic N) is 1. The first-order valence-electron chi connectivity index (χ1n) is 8.45. The molecule has 0 saturated heterocycles. The molecule has 1 aliphatic rings. The summed E-state index contributed by atoms with van der Waals surface area (Å²) in [7, 11) is 0. The van der Waals surface area contributed by atoms with Gasteiger partial charge in [0.05, 0.1) is 6.21 Å². The van der Waals surface area contributed by atoms with Gasteiger partial charge in [-0.05, 0) is 46.8 Å². The van der Waals surface area contributed by atoms with Gasteiger partial charge in [-0.2, -0.15) is 5.10 Å². The molecule has 0 unspecified atom stereocenters. The van der Waals surface area contributed by atoms with Crippen LogP contribution in [0.4, 0.5) is 4.79 Å². The van der Waals surface area contributed by atoms with Crippen molar-refractivity contribution in [3.8, 4) is 5.75 Å². The highest BCUT2D eigenvalue weighted by molar-refractivity contribution is 5.90. The maximum absolute atomic E-state index is 12.0. The van der Waals surface area contributed by atoms with Gasteiger partial charge in [0, 0.05) is 11.1 Å². The van der Waals surface area contributed by atoms with Crippen LogP contribution in [0.3, 0.4) is 0 Å². The normalized spacial score (nSPS) is 17.6. The van der Waals surface area contributed by atoms with E-state index in [1.165, 1.54) is 0 Å². The van der Waals surface area contributed by atoms with Crippen LogP contribution in [0, 0.1) is 0 Å². The summed E-state index contributed by atoms with van der Waals surface area (Å²) in [4.78, 5) is 23.7. The van der Waals surface area contributed by atoms with Gasteiger partial charge in [0.1, 0.15) is 23.5 Å². The molecule has 0 fully saturated rings. The van der Waals surface area contributed by atoms with E-state index in [1.54, 1.807) is 33.9 Å². The van der Waals surface area contributed by atoms with Gasteiger partial charge in [-0.1, -0.05) is 18.2 Å². The second kappa shape index (κ2) is 8.03. The van der Waals surface area contributed by atoms with E-state index in [2.05, 4.69) is 15.8 Å². The highest BCUT2D eigenvalue weighted by Gasteiger charge is 2.21. The third-order valence-corrected chi connectivity index (χ3v) is 3.53. The lowest BCUT2D eigenvalue weighted by Gasteiger charge is -2.22. The number of carbonyl (C=O) groups excluding carboxylic acids is 2. The summed E-state index contributed by atoms with van der Waals surface area (Å²) >= 11 is 0. The number of para-hydroxylation sites is 1. The number of alkyl carbamates (subject to hydrolysis) is 1. The Kier molecular flexibility index (Phi) is 6.02. The van der Waals surface area contributed by atoms with Crippen molar-refractivity contribution < 1.29 is 19.1 Å². The quantitative estimate of drug-likeness (QED) is 0.639. The van der Waals surface area contributed by atoms with Crippen LogP contribution in [0.15, 0.2) is 34.9 Å². The Morgan fingerprint density at radius 1 is 1.31 bits per heavy atom. The van der Waals surface area contributed by atoms with Crippen molar-refractivity contribution in [1.82, 2.24) is 10.7 Å². The predicted octanol–water partition coefficient (Wildman–Crippen LogP) is 2.87. The summed E-state index contributed by atoms with van der Waals surface area (Å²) in [5, 5.41) is 6.42. The van der Waals surface area contributed by atoms with Crippen LogP contribution in [-0.2, 0) is 9.53 Å². The Morgan fingerprint density at radius 3 is 2.69 bits per heavy atom. The number of nitrogens with one attached hydrogen (secondary N) is 2. The van der Waals surface area contributed by atoms with E-state index in [0.717, 1.165) is 16.9 Å². The molecule has 7 heteroatoms. The smallest absolute Gasteiger partial charge is 0.408 e. The Bertz CT molecular complexity index is 735. The molecule has 1 heterocycles. The largest absolute Gasteiger partial charge is 0.485 e. The molecule has 140 valence electrons. The standard InChI is InChI=1S/C19H25N3O4/c1-12(21-18(24)26-19(3,4)5)17(23)22-20-11-15-10-14-8-6-7-9-16(14)25-13(15)2/h6-13H,1-5H3,(H,21,24)(H,22,23)/b20-11-/t12-,13+/m0/s1. The Labute approximate surface area is 153 Å². The average molecular weight is 359 g/mol. The van der Waals surface area contributed by atoms with Gasteiger partial charge in [0.25, 0.3) is 5.91 Å². The zero-order valence-electron chi connectivity index (χ0n) is 15.7. The fraction of sp³-hybridized carbons (Fsp3) is 0.421. The van der Waals surface area contributed by atoms with Gasteiger partial charge in [0.15, 0.2) is 0 Å². The summed E-state index contributed by atoms with van der Waals surface area (Å²) in [5.74, 6) is 0.369. The van der Waals surface area contributed by atoms with E-state index in [0.29, 0.717) is 0 Å². The van der Waals surface area contributed by atoms with Crippen molar-refractivity contribution in [2.24, 2.45) is 5.10 Å². The molecule has 26 heavy (non-hydrogen) atoms. The minimum atomic E-state index is -0.781. The van der Waals surface area contributed by atoms with E-state index in [9.17, 15) is 9.59 Å². The molecule has 1 aliphatic heterocycles. The van der Waals surface area contributed by atoms with Gasteiger partial charge in [-0.25, -0.2) is 10.2 Å². The molecule has 0 bridgehead atoms. The van der Waals surface area contributed by atoms with E-state index in [1.807, 2.05) is 37.3 Å². The number of fused-ring (bicyclic) bond motifs is 1. The minimum Gasteiger partial charge on any atom is -0.485 e. The molecule has 0 saturated carbocycles. The summed E-state index contributed by atoms with van der Waals surface area (Å²) in [6.07, 6.45) is 2.67. The average Bonchev–Trinajstić information content (AvgIpc) is 2.53. The molecule has 0 radical (unpaired) electrons. The number of hydrogen-bond acceptors (Lipinski definition) is 5. The lowest BCUT2D eigenvalue weighted by Crippen LogP contribution is -2.45. The van der Waals surface area contributed by atoms with Crippen LogP contribution in [0.2, 0.25) is 0 Å². The first-order chi connectivity index (χ1) is 12.2. The number of amides is 2. The summed E-state index contributed by atoms with van der Waals surface area (Å²) in [6, 6.07) is 6.91. The topological polar surface area (TPSA) is 89.0 Å². The Morgan fingerprint density at radius 2 is 2.00 bits per heavy atom. The van der Waals surface area contributed by atoms with E-state index < -0.39 is 23.6 Å². The summed E-state index contributed by atoms with van der Waals surface area (Å²) in [6.45, 7) is 8.71. The fourth-order valence-electron chi connectivity index (χ4n) is 2.22. The lowest BCUT2D eigenvalue weighted by molar-refractivity contribution is -0.122. The maximum atomic E-state index is 12.0. The molecule has 1 aromatic rings. The van der Waals surface area contributed by atoms with Crippen LogP contribution in [-0.4, -0.2) is 36.0 Å². The van der Waals surface area contributed by atoms with Crippen LogP contribution in [0.1, 0.15) is 40.2 Å². The zero-order chi connectivity index (χ0) is 19.3. The van der Waals surface area contributed by atoms with Crippen molar-refractivity contribution in [2.75, 3.05) is 0 Å². The van der Waals surface area contributed by atoms with Crippen LogP contribution >= 0.6 is 0 Å². The molecule has 0 aliphatic carbocycles. The first kappa shape index (κ1) is 19.5. The first-order valence-corrected chi connectivity index (χ1v) is 8.45. The number of hydrazone groups is 1. The molecule has 0 aromatic heterocycles. The van der Waals surface area contributed by atoms with Gasteiger partial charge >= 0.3 is 6.09 Å². The third-order valence-electron chi connectivity index (χ3n) is 3.53. The second-order valence-electron chi connectivity index (χ2n) is 7.04. The van der Waals surface area contributed by atoms with Crippen LogP contribution < -0.4 is 15.5 Å². The van der Waals surface area contributed by atoms with Crippen molar-refractivity contribution in [3.63, 3.8) is 0 Å². The fourth-order valence-corrected chi connectivity index (χ4v) is 2.22. The number of benzene rings is 1. The molecule has 7 nitrogen and oxygen atoms in total. The predicted molar refractivity (Wildman–Crippen MR) is 100.0 cm³/mol. The molecule has 2 amide bonds. The molecule has 1 aromatic carbocycles. The molecular formula is C19H25N3O4. The van der Waals surface area contributed by atoms with Crippen molar-refractivity contribution in [1.29, 1.82) is 0 Å². The van der Waals surface area contributed by atoms with E-state index in [4.69, 9.17) is 9.47 Å². The minimum absolute atomic E-state index is 0.178. The molecule has 2 rings (SSSR count). The van der Waals surface area contributed by atoms with Gasteiger partial charge in [0.2, 0.25) is 0 Å². The summed E-state index contributed by atoms with van der Waals surface area (Å²) < 4.78 is 10.9. The monoisotopic (exact) mass is 359 g/mol. The molecule has 2 atom stereocenters. The highest BCUT2D eigenvalue weighted by Crippen LogP contribution is 2.28. The Hall–Kier alpha value is -2.83. The molecule has 2 N–H and O–H groups in total. The molecular weight excluding hydrogens is 334 g/mol.